The lowest BCUT2D eigenvalue weighted by atomic mass is 9.92. The molecule has 6 nitrogen and oxygen atoms in total. The molecule has 2 aromatic rings. The highest BCUT2D eigenvalue weighted by Crippen LogP contribution is 2.32. The standard InChI is InChI=1S/C17H21N3O3/c1-19-8-14(7-18-19)16-10-20(9-15(16)11-21)17(22)23-12-13-5-3-2-4-6-13/h2-8,15-16,21H,9-12H2,1H3/t15-,16-/m0/s1. The Kier molecular flexibility index (Phi) is 4.62. The van der Waals surface area contributed by atoms with E-state index in [0.717, 1.165) is 11.1 Å². The maximum atomic E-state index is 12.3. The molecule has 0 spiro atoms. The first-order valence-corrected chi connectivity index (χ1v) is 7.72. The summed E-state index contributed by atoms with van der Waals surface area (Å²) in [5, 5.41) is 13.8. The van der Waals surface area contributed by atoms with Gasteiger partial charge in [0, 0.05) is 44.8 Å². The van der Waals surface area contributed by atoms with E-state index < -0.39 is 0 Å². The third kappa shape index (κ3) is 3.53. The van der Waals surface area contributed by atoms with Crippen LogP contribution in [0.15, 0.2) is 42.7 Å². The van der Waals surface area contributed by atoms with E-state index in [1.54, 1.807) is 15.8 Å². The molecule has 1 aromatic heterocycles. The summed E-state index contributed by atoms with van der Waals surface area (Å²) >= 11 is 0. The van der Waals surface area contributed by atoms with Gasteiger partial charge >= 0.3 is 6.09 Å². The van der Waals surface area contributed by atoms with Crippen LogP contribution in [0.2, 0.25) is 0 Å². The molecule has 1 saturated heterocycles. The first kappa shape index (κ1) is 15.6. The molecular weight excluding hydrogens is 294 g/mol. The minimum Gasteiger partial charge on any atom is -0.445 e. The number of likely N-dealkylation sites (tertiary alicyclic amines) is 1. The lowest BCUT2D eigenvalue weighted by Gasteiger charge is -2.16. The van der Waals surface area contributed by atoms with E-state index >= 15 is 0 Å². The van der Waals surface area contributed by atoms with Crippen molar-refractivity contribution in [2.45, 2.75) is 12.5 Å². The van der Waals surface area contributed by atoms with E-state index in [9.17, 15) is 9.90 Å². The normalized spacial score (nSPS) is 20.7. The molecule has 1 aromatic carbocycles. The minimum absolute atomic E-state index is 0.0171. The van der Waals surface area contributed by atoms with Crippen LogP contribution in [-0.4, -0.2) is 45.6 Å². The molecule has 3 rings (SSSR count). The Balaban J connectivity index is 1.61. The van der Waals surface area contributed by atoms with E-state index in [0.29, 0.717) is 13.1 Å². The SMILES string of the molecule is Cn1cc([C@@H]2CN(C(=O)OCc3ccccc3)C[C@H]2CO)cn1. The molecule has 0 bridgehead atoms. The fourth-order valence-corrected chi connectivity index (χ4v) is 3.03. The summed E-state index contributed by atoms with van der Waals surface area (Å²) in [6, 6.07) is 9.60. The van der Waals surface area contributed by atoms with Gasteiger partial charge in [-0.3, -0.25) is 4.68 Å². The van der Waals surface area contributed by atoms with Crippen LogP contribution in [0.25, 0.3) is 0 Å². The zero-order chi connectivity index (χ0) is 16.2. The third-order valence-electron chi connectivity index (χ3n) is 4.29. The average molecular weight is 315 g/mol. The molecule has 0 saturated carbocycles. The Hall–Kier alpha value is -2.34. The number of ether oxygens (including phenoxy) is 1. The number of aliphatic hydroxyl groups excluding tert-OH is 1. The van der Waals surface area contributed by atoms with Crippen LogP contribution < -0.4 is 0 Å². The first-order chi connectivity index (χ1) is 11.2. The molecular formula is C17H21N3O3. The van der Waals surface area contributed by atoms with Crippen LogP contribution in [0, 0.1) is 5.92 Å². The van der Waals surface area contributed by atoms with Gasteiger partial charge in [-0.1, -0.05) is 30.3 Å². The molecule has 0 radical (unpaired) electrons. The van der Waals surface area contributed by atoms with Crippen molar-refractivity contribution >= 4 is 6.09 Å². The predicted octanol–water partition coefficient (Wildman–Crippen LogP) is 1.76. The highest BCUT2D eigenvalue weighted by atomic mass is 16.6. The van der Waals surface area contributed by atoms with Crippen molar-refractivity contribution < 1.29 is 14.6 Å². The fraction of sp³-hybridized carbons (Fsp3) is 0.412. The quantitative estimate of drug-likeness (QED) is 0.933. The Morgan fingerprint density at radius 2 is 2.13 bits per heavy atom. The van der Waals surface area contributed by atoms with E-state index in [2.05, 4.69) is 5.10 Å². The van der Waals surface area contributed by atoms with Gasteiger partial charge < -0.3 is 14.7 Å². The fourth-order valence-electron chi connectivity index (χ4n) is 3.03. The second-order valence-corrected chi connectivity index (χ2v) is 5.94. The zero-order valence-corrected chi connectivity index (χ0v) is 13.1. The molecule has 1 N–H and O–H groups in total. The summed E-state index contributed by atoms with van der Waals surface area (Å²) in [6.07, 6.45) is 3.40. The second kappa shape index (κ2) is 6.83. The van der Waals surface area contributed by atoms with E-state index in [4.69, 9.17) is 4.74 Å². The maximum Gasteiger partial charge on any atom is 0.410 e. The van der Waals surface area contributed by atoms with Crippen LogP contribution in [0.4, 0.5) is 4.79 Å². The Morgan fingerprint density at radius 3 is 2.78 bits per heavy atom. The molecule has 1 aliphatic heterocycles. The summed E-state index contributed by atoms with van der Waals surface area (Å²) in [4.78, 5) is 13.9. The first-order valence-electron chi connectivity index (χ1n) is 7.72. The number of carbonyl (C=O) groups is 1. The molecule has 0 unspecified atom stereocenters. The Bertz CT molecular complexity index is 656. The van der Waals surface area contributed by atoms with Crippen LogP contribution >= 0.6 is 0 Å². The number of hydrogen-bond donors (Lipinski definition) is 1. The van der Waals surface area contributed by atoms with Gasteiger partial charge in [0.05, 0.1) is 6.20 Å². The molecule has 1 fully saturated rings. The lowest BCUT2D eigenvalue weighted by molar-refractivity contribution is 0.101. The van der Waals surface area contributed by atoms with Crippen LogP contribution in [-0.2, 0) is 18.4 Å². The molecule has 1 amide bonds. The van der Waals surface area contributed by atoms with Crippen molar-refractivity contribution in [2.24, 2.45) is 13.0 Å². The van der Waals surface area contributed by atoms with Crippen molar-refractivity contribution in [3.8, 4) is 0 Å². The van der Waals surface area contributed by atoms with E-state index in [1.807, 2.05) is 43.6 Å². The minimum atomic E-state index is -0.335. The lowest BCUT2D eigenvalue weighted by Crippen LogP contribution is -2.29. The van der Waals surface area contributed by atoms with Gasteiger partial charge in [0.25, 0.3) is 0 Å². The predicted molar refractivity (Wildman–Crippen MR) is 84.7 cm³/mol. The summed E-state index contributed by atoms with van der Waals surface area (Å²) in [5.41, 5.74) is 2.01. The molecule has 23 heavy (non-hydrogen) atoms. The van der Waals surface area contributed by atoms with Crippen molar-refractivity contribution in [3.63, 3.8) is 0 Å². The molecule has 6 heteroatoms. The van der Waals surface area contributed by atoms with Crippen LogP contribution in [0.5, 0.6) is 0 Å². The number of nitrogens with zero attached hydrogens (tertiary/aromatic N) is 3. The number of benzene rings is 1. The maximum absolute atomic E-state index is 12.3. The van der Waals surface area contributed by atoms with Gasteiger partial charge in [-0.05, 0) is 11.1 Å². The van der Waals surface area contributed by atoms with Gasteiger partial charge in [0.2, 0.25) is 0 Å². The number of hydrogen-bond acceptors (Lipinski definition) is 4. The third-order valence-corrected chi connectivity index (χ3v) is 4.29. The van der Waals surface area contributed by atoms with Gasteiger partial charge in [-0.25, -0.2) is 4.79 Å². The molecule has 122 valence electrons. The van der Waals surface area contributed by atoms with Gasteiger partial charge in [0.15, 0.2) is 0 Å². The topological polar surface area (TPSA) is 67.6 Å². The highest BCUT2D eigenvalue weighted by Gasteiger charge is 2.37. The molecule has 2 atom stereocenters. The summed E-state index contributed by atoms with van der Waals surface area (Å²) < 4.78 is 7.12. The summed E-state index contributed by atoms with van der Waals surface area (Å²) in [5.74, 6) is 0.112. The average Bonchev–Trinajstić information content (AvgIpc) is 3.19. The molecule has 2 heterocycles. The molecule has 1 aliphatic rings. The smallest absolute Gasteiger partial charge is 0.410 e. The van der Waals surface area contributed by atoms with Gasteiger partial charge in [0.1, 0.15) is 6.61 Å². The number of rotatable bonds is 4. The van der Waals surface area contributed by atoms with E-state index in [-0.39, 0.29) is 31.1 Å². The van der Waals surface area contributed by atoms with Crippen molar-refractivity contribution in [3.05, 3.63) is 53.9 Å². The van der Waals surface area contributed by atoms with Gasteiger partial charge in [-0.15, -0.1) is 0 Å². The number of aromatic nitrogens is 2. The van der Waals surface area contributed by atoms with Crippen LogP contribution in [0.1, 0.15) is 17.0 Å². The van der Waals surface area contributed by atoms with Crippen molar-refractivity contribution in [1.82, 2.24) is 14.7 Å². The molecule has 0 aliphatic carbocycles. The summed E-state index contributed by atoms with van der Waals surface area (Å²) in [7, 11) is 1.86. The zero-order valence-electron chi connectivity index (χ0n) is 13.1. The Morgan fingerprint density at radius 1 is 1.35 bits per heavy atom. The van der Waals surface area contributed by atoms with Crippen molar-refractivity contribution in [2.75, 3.05) is 19.7 Å². The number of aryl methyl sites for hydroxylation is 1. The van der Waals surface area contributed by atoms with Crippen LogP contribution in [0.3, 0.4) is 0 Å². The number of aliphatic hydroxyl groups is 1. The second-order valence-electron chi connectivity index (χ2n) is 5.94. The van der Waals surface area contributed by atoms with E-state index in [1.165, 1.54) is 0 Å². The number of amides is 1. The summed E-state index contributed by atoms with van der Waals surface area (Å²) in [6.45, 7) is 1.35. The largest absolute Gasteiger partial charge is 0.445 e. The Labute approximate surface area is 135 Å². The van der Waals surface area contributed by atoms with Gasteiger partial charge in [-0.2, -0.15) is 5.10 Å². The highest BCUT2D eigenvalue weighted by molar-refractivity contribution is 5.68. The number of carbonyl (C=O) groups excluding carboxylic acids is 1. The monoisotopic (exact) mass is 315 g/mol. The van der Waals surface area contributed by atoms with Crippen molar-refractivity contribution in [1.29, 1.82) is 0 Å².